The number of ether oxygens (including phenoxy) is 2. The lowest BCUT2D eigenvalue weighted by Crippen LogP contribution is -2.27. The van der Waals surface area contributed by atoms with Crippen molar-refractivity contribution in [2.75, 3.05) is 14.2 Å². The van der Waals surface area contributed by atoms with Crippen LogP contribution in [0.1, 0.15) is 31.2 Å². The summed E-state index contributed by atoms with van der Waals surface area (Å²) in [6, 6.07) is 8.80. The van der Waals surface area contributed by atoms with Crippen LogP contribution in [0.3, 0.4) is 0 Å². The molecule has 0 aliphatic heterocycles. The Morgan fingerprint density at radius 3 is 2.28 bits per heavy atom. The van der Waals surface area contributed by atoms with Crippen LogP contribution in [0.4, 0.5) is 0 Å². The van der Waals surface area contributed by atoms with Gasteiger partial charge in [-0.25, -0.2) is 4.84 Å². The molecule has 1 saturated carbocycles. The summed E-state index contributed by atoms with van der Waals surface area (Å²) in [6.07, 6.45) is 5.13. The zero-order valence-corrected chi connectivity index (χ0v) is 18.7. The third-order valence-corrected chi connectivity index (χ3v) is 6.51. The van der Waals surface area contributed by atoms with Crippen LogP contribution < -0.4 is 19.7 Å². The number of nitrogens with one attached hydrogen (secondary N) is 1. The van der Waals surface area contributed by atoms with Gasteiger partial charge in [0.05, 0.1) is 19.6 Å². The van der Waals surface area contributed by atoms with Gasteiger partial charge in [-0.2, -0.15) is 0 Å². The molecule has 1 aliphatic carbocycles. The van der Waals surface area contributed by atoms with Crippen LogP contribution in [-0.2, 0) is 6.42 Å². The zero-order valence-electron chi connectivity index (χ0n) is 18.0. The summed E-state index contributed by atoms with van der Waals surface area (Å²) in [4.78, 5) is 15.7. The fraction of sp³-hybridized carbons (Fsp3) is 0.375. The Bertz CT molecular complexity index is 1160. The highest BCUT2D eigenvalue weighted by molar-refractivity contribution is 6.13. The second kappa shape index (κ2) is 9.30. The molecule has 4 rings (SSSR count). The number of fused-ring (bicyclic) bond motifs is 1. The van der Waals surface area contributed by atoms with Crippen LogP contribution in [0.25, 0.3) is 22.3 Å². The molecule has 0 amide bonds. The second-order valence-electron chi connectivity index (χ2n) is 8.20. The third kappa shape index (κ3) is 4.23. The van der Waals surface area contributed by atoms with Crippen LogP contribution in [0.5, 0.6) is 23.0 Å². The standard InChI is InChI=1S/C24H26ClNO6/c1-30-19-11-15(12-20(31-2)22(19)28)24-23(29)21(27)17-8-5-14(10-18(17)32-24)9-13-3-6-16(26-25)7-4-13/h5,8,10-13,16,26,28-29H,3-4,6-7,9H2,1-2H3. The number of phenolic OH excluding ortho intramolecular Hbond substituents is 1. The molecule has 0 saturated heterocycles. The molecule has 1 aromatic heterocycles. The molecule has 0 spiro atoms. The fourth-order valence-electron chi connectivity index (χ4n) is 4.38. The molecule has 170 valence electrons. The Kier molecular flexibility index (Phi) is 6.48. The Balaban J connectivity index is 1.72. The van der Waals surface area contributed by atoms with Gasteiger partial charge in [0, 0.05) is 11.6 Å². The Morgan fingerprint density at radius 2 is 1.69 bits per heavy atom. The minimum atomic E-state index is -0.521. The fourth-order valence-corrected chi connectivity index (χ4v) is 4.60. The van der Waals surface area contributed by atoms with E-state index in [-0.39, 0.29) is 23.0 Å². The van der Waals surface area contributed by atoms with Gasteiger partial charge in [0.25, 0.3) is 0 Å². The number of hydrogen-bond donors (Lipinski definition) is 3. The van der Waals surface area contributed by atoms with Gasteiger partial charge in [0.2, 0.25) is 16.9 Å². The van der Waals surface area contributed by atoms with E-state index in [9.17, 15) is 15.0 Å². The number of methoxy groups -OCH3 is 2. The Morgan fingerprint density at radius 1 is 1.03 bits per heavy atom. The summed E-state index contributed by atoms with van der Waals surface area (Å²) in [5.74, 6) is 0.122. The molecule has 2 aromatic carbocycles. The minimum Gasteiger partial charge on any atom is -0.502 e. The molecule has 1 heterocycles. The summed E-state index contributed by atoms with van der Waals surface area (Å²) in [6.45, 7) is 0. The van der Waals surface area contributed by atoms with Gasteiger partial charge >= 0.3 is 0 Å². The van der Waals surface area contributed by atoms with E-state index in [2.05, 4.69) is 4.84 Å². The third-order valence-electron chi connectivity index (χ3n) is 6.20. The molecule has 8 heteroatoms. The van der Waals surface area contributed by atoms with E-state index < -0.39 is 11.2 Å². The predicted molar refractivity (Wildman–Crippen MR) is 123 cm³/mol. The van der Waals surface area contributed by atoms with E-state index in [1.165, 1.54) is 26.4 Å². The largest absolute Gasteiger partial charge is 0.502 e. The number of hydrogen-bond acceptors (Lipinski definition) is 7. The maximum absolute atomic E-state index is 12.8. The predicted octanol–water partition coefficient (Wildman–Crippen LogP) is 4.73. The first-order valence-corrected chi connectivity index (χ1v) is 10.9. The smallest absolute Gasteiger partial charge is 0.235 e. The van der Waals surface area contributed by atoms with Gasteiger partial charge in [-0.3, -0.25) is 4.79 Å². The molecule has 1 fully saturated rings. The lowest BCUT2D eigenvalue weighted by atomic mass is 9.82. The number of benzene rings is 2. The molecule has 1 aliphatic rings. The van der Waals surface area contributed by atoms with Crippen molar-refractivity contribution in [2.45, 2.75) is 38.1 Å². The lowest BCUT2D eigenvalue weighted by Gasteiger charge is -2.27. The molecule has 32 heavy (non-hydrogen) atoms. The Hall–Kier alpha value is -2.90. The van der Waals surface area contributed by atoms with Gasteiger partial charge in [-0.15, -0.1) is 0 Å². The van der Waals surface area contributed by atoms with E-state index in [1.807, 2.05) is 12.1 Å². The second-order valence-corrected chi connectivity index (χ2v) is 8.42. The van der Waals surface area contributed by atoms with Gasteiger partial charge in [-0.05, 0) is 79.6 Å². The topological polar surface area (TPSA) is 101 Å². The molecule has 0 unspecified atom stereocenters. The van der Waals surface area contributed by atoms with Gasteiger partial charge < -0.3 is 24.1 Å². The van der Waals surface area contributed by atoms with Crippen molar-refractivity contribution in [3.05, 3.63) is 46.1 Å². The van der Waals surface area contributed by atoms with Crippen molar-refractivity contribution in [1.82, 2.24) is 4.84 Å². The first-order chi connectivity index (χ1) is 15.4. The van der Waals surface area contributed by atoms with Crippen LogP contribution in [0, 0.1) is 5.92 Å². The molecule has 7 nitrogen and oxygen atoms in total. The number of phenols is 1. The van der Waals surface area contributed by atoms with Crippen molar-refractivity contribution in [3.8, 4) is 34.3 Å². The summed E-state index contributed by atoms with van der Waals surface area (Å²) < 4.78 is 16.4. The molecular formula is C24H26ClNO6. The summed E-state index contributed by atoms with van der Waals surface area (Å²) in [7, 11) is 2.80. The van der Waals surface area contributed by atoms with Crippen molar-refractivity contribution in [1.29, 1.82) is 0 Å². The Labute approximate surface area is 190 Å². The SMILES string of the molecule is COc1cc(-c2oc3cc(CC4CCC(NCl)CC4)ccc3c(=O)c2O)cc(OC)c1O. The van der Waals surface area contributed by atoms with Crippen molar-refractivity contribution >= 4 is 22.7 Å². The average Bonchev–Trinajstić information content (AvgIpc) is 2.82. The van der Waals surface area contributed by atoms with E-state index in [1.54, 1.807) is 6.07 Å². The van der Waals surface area contributed by atoms with Crippen LogP contribution in [0.2, 0.25) is 0 Å². The molecular weight excluding hydrogens is 434 g/mol. The average molecular weight is 460 g/mol. The van der Waals surface area contributed by atoms with Crippen molar-refractivity contribution < 1.29 is 24.1 Å². The molecule has 3 aromatic rings. The summed E-state index contributed by atoms with van der Waals surface area (Å²) >= 11 is 5.75. The van der Waals surface area contributed by atoms with Crippen LogP contribution in [-0.4, -0.2) is 30.5 Å². The van der Waals surface area contributed by atoms with E-state index in [0.29, 0.717) is 28.5 Å². The monoisotopic (exact) mass is 459 g/mol. The summed E-state index contributed by atoms with van der Waals surface area (Å²) in [5.41, 5.74) is 1.29. The van der Waals surface area contributed by atoms with Gasteiger partial charge in [0.1, 0.15) is 5.58 Å². The minimum absolute atomic E-state index is 0.00931. The highest BCUT2D eigenvalue weighted by Gasteiger charge is 2.22. The quantitative estimate of drug-likeness (QED) is 0.458. The first kappa shape index (κ1) is 22.3. The van der Waals surface area contributed by atoms with E-state index in [0.717, 1.165) is 37.7 Å². The normalized spacial score (nSPS) is 18.6. The highest BCUT2D eigenvalue weighted by Crippen LogP contribution is 2.42. The first-order valence-electron chi connectivity index (χ1n) is 10.5. The molecule has 0 radical (unpaired) electrons. The number of halogens is 1. The van der Waals surface area contributed by atoms with E-state index >= 15 is 0 Å². The van der Waals surface area contributed by atoms with Gasteiger partial charge in [0.15, 0.2) is 17.3 Å². The molecule has 3 N–H and O–H groups in total. The lowest BCUT2D eigenvalue weighted by molar-refractivity contribution is 0.314. The molecule has 0 atom stereocenters. The maximum Gasteiger partial charge on any atom is 0.235 e. The van der Waals surface area contributed by atoms with Crippen LogP contribution >= 0.6 is 11.8 Å². The van der Waals surface area contributed by atoms with E-state index in [4.69, 9.17) is 25.7 Å². The van der Waals surface area contributed by atoms with Crippen LogP contribution in [0.15, 0.2) is 39.5 Å². The van der Waals surface area contributed by atoms with Crippen molar-refractivity contribution in [3.63, 3.8) is 0 Å². The summed E-state index contributed by atoms with van der Waals surface area (Å²) in [5, 5.41) is 21.0. The van der Waals surface area contributed by atoms with Gasteiger partial charge in [-0.1, -0.05) is 6.07 Å². The maximum atomic E-state index is 12.8. The number of rotatable bonds is 6. The number of aromatic hydroxyl groups is 2. The molecule has 0 bridgehead atoms. The van der Waals surface area contributed by atoms with Crippen molar-refractivity contribution in [2.24, 2.45) is 5.92 Å². The highest BCUT2D eigenvalue weighted by atomic mass is 35.5. The zero-order chi connectivity index (χ0) is 22.8.